The van der Waals surface area contributed by atoms with E-state index in [1.807, 2.05) is 18.2 Å². The molecule has 0 aliphatic carbocycles. The Morgan fingerprint density at radius 1 is 1.42 bits per heavy atom. The molecule has 5 heteroatoms. The van der Waals surface area contributed by atoms with Gasteiger partial charge >= 0.3 is 0 Å². The summed E-state index contributed by atoms with van der Waals surface area (Å²) in [4.78, 5) is 1.49. The number of quaternary nitrogens is 1. The van der Waals surface area contributed by atoms with Crippen molar-refractivity contribution in [2.24, 2.45) is 5.16 Å². The van der Waals surface area contributed by atoms with Gasteiger partial charge in [0, 0.05) is 5.56 Å². The van der Waals surface area contributed by atoms with Gasteiger partial charge in [-0.3, -0.25) is 0 Å². The highest BCUT2D eigenvalue weighted by Gasteiger charge is 2.17. The molecule has 0 unspecified atom stereocenters. The van der Waals surface area contributed by atoms with Crippen LogP contribution >= 0.6 is 0 Å². The Kier molecular flexibility index (Phi) is 4.76. The van der Waals surface area contributed by atoms with E-state index in [0.717, 1.165) is 49.7 Å². The van der Waals surface area contributed by atoms with E-state index in [9.17, 15) is 0 Å². The van der Waals surface area contributed by atoms with Crippen molar-refractivity contribution < 1.29 is 19.6 Å². The van der Waals surface area contributed by atoms with Crippen molar-refractivity contribution in [1.82, 2.24) is 0 Å². The lowest BCUT2D eigenvalue weighted by molar-refractivity contribution is -0.921. The van der Waals surface area contributed by atoms with E-state index in [1.165, 1.54) is 4.90 Å². The summed E-state index contributed by atoms with van der Waals surface area (Å²) >= 11 is 0. The molecule has 2 rings (SSSR count). The molecule has 0 radical (unpaired) electrons. The molecule has 104 valence electrons. The molecule has 19 heavy (non-hydrogen) atoms. The van der Waals surface area contributed by atoms with Crippen LogP contribution in [0.5, 0.6) is 5.75 Å². The van der Waals surface area contributed by atoms with Crippen LogP contribution in [0, 0.1) is 0 Å². The molecule has 5 nitrogen and oxygen atoms in total. The molecule has 2 N–H and O–H groups in total. The molecule has 0 atom stereocenters. The Labute approximate surface area is 113 Å². The van der Waals surface area contributed by atoms with Gasteiger partial charge in [0.2, 0.25) is 0 Å². The van der Waals surface area contributed by atoms with Crippen molar-refractivity contribution in [3.05, 3.63) is 29.3 Å². The monoisotopic (exact) mass is 265 g/mol. The minimum absolute atomic E-state index is 0.612. The number of morpholine rings is 1. The van der Waals surface area contributed by atoms with Crippen LogP contribution < -0.4 is 9.64 Å². The molecule has 0 saturated carbocycles. The quantitative estimate of drug-likeness (QED) is 0.468. The van der Waals surface area contributed by atoms with Gasteiger partial charge in [0.15, 0.2) is 0 Å². The number of ether oxygens (including phenoxy) is 2. The molecule has 1 aromatic carbocycles. The number of methoxy groups -OCH3 is 1. The van der Waals surface area contributed by atoms with E-state index in [0.29, 0.717) is 5.71 Å². The minimum Gasteiger partial charge on any atom is -0.496 e. The minimum atomic E-state index is 0.612. The Morgan fingerprint density at radius 2 is 2.16 bits per heavy atom. The van der Waals surface area contributed by atoms with Gasteiger partial charge in [0.1, 0.15) is 25.4 Å². The van der Waals surface area contributed by atoms with E-state index in [2.05, 4.69) is 5.16 Å². The highest BCUT2D eigenvalue weighted by atomic mass is 16.5. The number of rotatable bonds is 4. The zero-order chi connectivity index (χ0) is 13.7. The van der Waals surface area contributed by atoms with Crippen LogP contribution in [0.25, 0.3) is 0 Å². The largest absolute Gasteiger partial charge is 0.496 e. The Morgan fingerprint density at radius 3 is 2.79 bits per heavy atom. The van der Waals surface area contributed by atoms with Gasteiger partial charge < -0.3 is 19.6 Å². The number of nitrogens with one attached hydrogen (secondary N) is 1. The Hall–Kier alpha value is -1.59. The predicted molar refractivity (Wildman–Crippen MR) is 72.2 cm³/mol. The number of benzene rings is 1. The van der Waals surface area contributed by atoms with Crippen LogP contribution in [-0.4, -0.2) is 44.3 Å². The van der Waals surface area contributed by atoms with Crippen LogP contribution in [0.4, 0.5) is 0 Å². The van der Waals surface area contributed by atoms with E-state index in [1.54, 1.807) is 14.0 Å². The van der Waals surface area contributed by atoms with Crippen LogP contribution in [-0.2, 0) is 11.3 Å². The van der Waals surface area contributed by atoms with E-state index in [-0.39, 0.29) is 0 Å². The molecule has 1 fully saturated rings. The van der Waals surface area contributed by atoms with Crippen molar-refractivity contribution in [3.63, 3.8) is 0 Å². The van der Waals surface area contributed by atoms with Gasteiger partial charge in [-0.05, 0) is 30.7 Å². The number of oxime groups is 1. The summed E-state index contributed by atoms with van der Waals surface area (Å²) in [6.45, 7) is 6.34. The van der Waals surface area contributed by atoms with Crippen molar-refractivity contribution >= 4 is 5.71 Å². The molecule has 1 aliphatic rings. The summed E-state index contributed by atoms with van der Waals surface area (Å²) in [5.41, 5.74) is 2.67. The molecule has 1 heterocycles. The third-order valence-corrected chi connectivity index (χ3v) is 3.49. The lowest BCUT2D eigenvalue weighted by Crippen LogP contribution is -3.12. The van der Waals surface area contributed by atoms with Crippen molar-refractivity contribution in [1.29, 1.82) is 0 Å². The molecular formula is C14H21N2O3+. The average molecular weight is 265 g/mol. The van der Waals surface area contributed by atoms with Gasteiger partial charge in [-0.2, -0.15) is 0 Å². The second-order valence-corrected chi connectivity index (χ2v) is 4.75. The molecule has 1 aliphatic heterocycles. The third-order valence-electron chi connectivity index (χ3n) is 3.49. The maximum absolute atomic E-state index is 8.86. The first-order chi connectivity index (χ1) is 9.24. The summed E-state index contributed by atoms with van der Waals surface area (Å²) in [6.07, 6.45) is 0. The molecule has 1 saturated heterocycles. The summed E-state index contributed by atoms with van der Waals surface area (Å²) in [7, 11) is 1.68. The molecule has 0 aromatic heterocycles. The van der Waals surface area contributed by atoms with E-state index >= 15 is 0 Å². The number of hydrogen-bond donors (Lipinski definition) is 2. The Balaban J connectivity index is 2.20. The fourth-order valence-electron chi connectivity index (χ4n) is 2.31. The van der Waals surface area contributed by atoms with Crippen LogP contribution in [0.3, 0.4) is 0 Å². The lowest BCUT2D eigenvalue weighted by atomic mass is 10.1. The normalized spacial score (nSPS) is 17.5. The molecule has 0 spiro atoms. The van der Waals surface area contributed by atoms with Crippen LogP contribution in [0.15, 0.2) is 23.4 Å². The fraction of sp³-hybridized carbons (Fsp3) is 0.500. The summed E-state index contributed by atoms with van der Waals surface area (Å²) in [5, 5.41) is 12.1. The van der Waals surface area contributed by atoms with Crippen molar-refractivity contribution in [2.45, 2.75) is 13.5 Å². The first kappa shape index (κ1) is 13.8. The summed E-state index contributed by atoms with van der Waals surface area (Å²) in [6, 6.07) is 5.88. The fourth-order valence-corrected chi connectivity index (χ4v) is 2.31. The number of hydrogen-bond acceptors (Lipinski definition) is 4. The third kappa shape index (κ3) is 3.45. The maximum atomic E-state index is 8.86. The van der Waals surface area contributed by atoms with Crippen LogP contribution in [0.2, 0.25) is 0 Å². The highest BCUT2D eigenvalue weighted by molar-refractivity contribution is 5.98. The standard InChI is InChI=1S/C14H20N2O3/c1-11(15-17)12-3-4-14(18-2)13(9-12)10-16-5-7-19-8-6-16/h3-4,9,17H,5-8,10H2,1-2H3/p+1. The first-order valence-electron chi connectivity index (χ1n) is 6.52. The van der Waals surface area contributed by atoms with E-state index < -0.39 is 0 Å². The highest BCUT2D eigenvalue weighted by Crippen LogP contribution is 2.19. The van der Waals surface area contributed by atoms with Crippen molar-refractivity contribution in [3.8, 4) is 5.75 Å². The summed E-state index contributed by atoms with van der Waals surface area (Å²) in [5.74, 6) is 0.883. The van der Waals surface area contributed by atoms with E-state index in [4.69, 9.17) is 14.7 Å². The zero-order valence-electron chi connectivity index (χ0n) is 11.5. The van der Waals surface area contributed by atoms with Crippen LogP contribution in [0.1, 0.15) is 18.1 Å². The van der Waals surface area contributed by atoms with Gasteiger partial charge in [-0.15, -0.1) is 0 Å². The zero-order valence-corrected chi connectivity index (χ0v) is 11.5. The molecule has 0 amide bonds. The smallest absolute Gasteiger partial charge is 0.127 e. The predicted octanol–water partition coefficient (Wildman–Crippen LogP) is 0.309. The van der Waals surface area contributed by atoms with Gasteiger partial charge in [-0.25, -0.2) is 0 Å². The maximum Gasteiger partial charge on any atom is 0.127 e. The van der Waals surface area contributed by atoms with Gasteiger partial charge in [0.05, 0.1) is 26.0 Å². The second kappa shape index (κ2) is 6.54. The van der Waals surface area contributed by atoms with Gasteiger partial charge in [-0.1, -0.05) is 5.16 Å². The van der Waals surface area contributed by atoms with Crippen molar-refractivity contribution in [2.75, 3.05) is 33.4 Å². The molecular weight excluding hydrogens is 244 g/mol. The number of nitrogens with zero attached hydrogens (tertiary/aromatic N) is 1. The van der Waals surface area contributed by atoms with Gasteiger partial charge in [0.25, 0.3) is 0 Å². The topological polar surface area (TPSA) is 55.5 Å². The second-order valence-electron chi connectivity index (χ2n) is 4.75. The SMILES string of the molecule is COc1ccc(C(C)=NO)cc1C[NH+]1CCOCC1. The first-order valence-corrected chi connectivity index (χ1v) is 6.52. The Bertz CT molecular complexity index is 454. The average Bonchev–Trinajstić information content (AvgIpc) is 2.47. The molecule has 0 bridgehead atoms. The summed E-state index contributed by atoms with van der Waals surface area (Å²) < 4.78 is 10.8. The lowest BCUT2D eigenvalue weighted by Gasteiger charge is -2.24. The molecule has 1 aromatic rings.